The molecule has 40 heavy (non-hydrogen) atoms. The zero-order valence-corrected chi connectivity index (χ0v) is 24.3. The van der Waals surface area contributed by atoms with Crippen molar-refractivity contribution in [2.45, 2.75) is 77.8 Å². The second kappa shape index (κ2) is 16.5. The molecule has 4 rings (SSSR count). The highest BCUT2D eigenvalue weighted by Gasteiger charge is 2.09. The third-order valence-corrected chi connectivity index (χ3v) is 7.02. The van der Waals surface area contributed by atoms with E-state index >= 15 is 0 Å². The fourth-order valence-electron chi connectivity index (χ4n) is 4.71. The maximum absolute atomic E-state index is 12.5. The van der Waals surface area contributed by atoms with Gasteiger partial charge in [-0.2, -0.15) is 0 Å². The summed E-state index contributed by atoms with van der Waals surface area (Å²) in [6.07, 6.45) is 13.6. The molecular formula is C31H42ClN7O. The van der Waals surface area contributed by atoms with E-state index in [-0.39, 0.29) is 18.3 Å². The summed E-state index contributed by atoms with van der Waals surface area (Å²) in [6, 6.07) is 18.3. The van der Waals surface area contributed by atoms with Crippen molar-refractivity contribution in [2.75, 3.05) is 12.3 Å². The van der Waals surface area contributed by atoms with E-state index in [2.05, 4.69) is 56.4 Å². The van der Waals surface area contributed by atoms with Crippen LogP contribution in [0.4, 0.5) is 5.95 Å². The molecular weight excluding hydrogens is 522 g/mol. The third kappa shape index (κ3) is 9.52. The van der Waals surface area contributed by atoms with Crippen LogP contribution in [0.5, 0.6) is 0 Å². The van der Waals surface area contributed by atoms with Crippen LogP contribution in [0.15, 0.2) is 67.0 Å². The number of hydrogen-bond acceptors (Lipinski definition) is 5. The lowest BCUT2D eigenvalue weighted by atomic mass is 10.1. The van der Waals surface area contributed by atoms with Gasteiger partial charge in [-0.3, -0.25) is 9.48 Å². The van der Waals surface area contributed by atoms with Gasteiger partial charge in [0.1, 0.15) is 0 Å². The first-order valence-electron chi connectivity index (χ1n) is 14.2. The minimum atomic E-state index is -0.0534. The number of nitrogens with zero attached hydrogens (tertiary/aromatic N) is 5. The van der Waals surface area contributed by atoms with E-state index in [9.17, 15) is 4.79 Å². The van der Waals surface area contributed by atoms with E-state index in [0.29, 0.717) is 24.6 Å². The highest BCUT2D eigenvalue weighted by molar-refractivity contribution is 5.94. The fourth-order valence-corrected chi connectivity index (χ4v) is 4.71. The lowest BCUT2D eigenvalue weighted by molar-refractivity contribution is 0.0952. The van der Waals surface area contributed by atoms with Crippen LogP contribution in [0, 0.1) is 0 Å². The number of halogens is 1. The minimum Gasteiger partial charge on any atom is -0.369 e. The molecule has 0 atom stereocenters. The molecule has 1 amide bonds. The highest BCUT2D eigenvalue weighted by Crippen LogP contribution is 2.15. The first-order valence-corrected chi connectivity index (χ1v) is 14.2. The molecule has 3 N–H and O–H groups in total. The molecule has 214 valence electrons. The number of aromatic nitrogens is 5. The lowest BCUT2D eigenvalue weighted by Gasteiger charge is -2.10. The average molecular weight is 564 g/mol. The molecule has 0 saturated carbocycles. The fraction of sp³-hybridized carbons (Fsp3) is 0.419. The summed E-state index contributed by atoms with van der Waals surface area (Å²) in [6.45, 7) is 4.07. The molecule has 0 fully saturated rings. The Morgan fingerprint density at radius 2 is 1.65 bits per heavy atom. The largest absolute Gasteiger partial charge is 0.369 e. The molecule has 0 saturated heterocycles. The van der Waals surface area contributed by atoms with E-state index in [0.717, 1.165) is 50.8 Å². The average Bonchev–Trinajstić information content (AvgIpc) is 3.55. The lowest BCUT2D eigenvalue weighted by Crippen LogP contribution is -2.27. The summed E-state index contributed by atoms with van der Waals surface area (Å²) in [4.78, 5) is 16.8. The number of imidazole rings is 1. The van der Waals surface area contributed by atoms with Crippen LogP contribution in [0.25, 0.3) is 0 Å². The van der Waals surface area contributed by atoms with Crippen LogP contribution in [0.3, 0.4) is 0 Å². The van der Waals surface area contributed by atoms with Crippen molar-refractivity contribution in [1.82, 2.24) is 29.9 Å². The Kier molecular flexibility index (Phi) is 12.7. The maximum atomic E-state index is 12.5. The number of rotatable bonds is 16. The minimum absolute atomic E-state index is 0. The van der Waals surface area contributed by atoms with Gasteiger partial charge in [-0.15, -0.1) is 17.5 Å². The van der Waals surface area contributed by atoms with Crippen molar-refractivity contribution in [1.29, 1.82) is 0 Å². The molecule has 2 heterocycles. The van der Waals surface area contributed by atoms with Crippen molar-refractivity contribution in [3.63, 3.8) is 0 Å². The zero-order valence-electron chi connectivity index (χ0n) is 23.5. The highest BCUT2D eigenvalue weighted by atomic mass is 35.5. The monoisotopic (exact) mass is 563 g/mol. The molecule has 0 aliphatic carbocycles. The van der Waals surface area contributed by atoms with Crippen molar-refractivity contribution < 1.29 is 4.79 Å². The van der Waals surface area contributed by atoms with Gasteiger partial charge in [0, 0.05) is 24.0 Å². The van der Waals surface area contributed by atoms with E-state index < -0.39 is 0 Å². The van der Waals surface area contributed by atoms with Crippen LogP contribution in [-0.2, 0) is 32.4 Å². The number of unbranched alkanes of at least 4 members (excludes halogenated alkanes) is 4. The molecule has 0 aliphatic heterocycles. The maximum Gasteiger partial charge on any atom is 0.251 e. The molecule has 2 aromatic carbocycles. The molecule has 4 aromatic rings. The van der Waals surface area contributed by atoms with Gasteiger partial charge in [-0.1, -0.05) is 73.9 Å². The third-order valence-electron chi connectivity index (χ3n) is 7.02. The number of anilines is 1. The van der Waals surface area contributed by atoms with Crippen LogP contribution in [0.2, 0.25) is 0 Å². The van der Waals surface area contributed by atoms with Crippen LogP contribution < -0.4 is 11.1 Å². The van der Waals surface area contributed by atoms with Crippen LogP contribution >= 0.6 is 12.4 Å². The Hall–Kier alpha value is -3.65. The molecule has 0 aliphatic rings. The smallest absolute Gasteiger partial charge is 0.251 e. The van der Waals surface area contributed by atoms with E-state index in [4.69, 9.17) is 5.73 Å². The molecule has 8 nitrogen and oxygen atoms in total. The summed E-state index contributed by atoms with van der Waals surface area (Å²) in [5.41, 5.74) is 11.5. The molecule has 0 radical (unpaired) electrons. The Balaban J connectivity index is 0.00000441. The molecule has 0 spiro atoms. The first kappa shape index (κ1) is 30.9. The van der Waals surface area contributed by atoms with Gasteiger partial charge in [0.15, 0.2) is 0 Å². The van der Waals surface area contributed by atoms with E-state index in [1.54, 1.807) is 4.68 Å². The second-order valence-corrected chi connectivity index (χ2v) is 10.1. The predicted molar refractivity (Wildman–Crippen MR) is 163 cm³/mol. The number of amides is 1. The number of nitrogens with one attached hydrogen (secondary N) is 1. The van der Waals surface area contributed by atoms with Crippen molar-refractivity contribution in [2.24, 2.45) is 0 Å². The number of nitrogens with two attached hydrogens (primary N) is 1. The topological polar surface area (TPSA) is 104 Å². The Morgan fingerprint density at radius 1 is 0.900 bits per heavy atom. The van der Waals surface area contributed by atoms with Crippen LogP contribution in [0.1, 0.15) is 78.3 Å². The molecule has 0 bridgehead atoms. The van der Waals surface area contributed by atoms with Gasteiger partial charge in [0.2, 0.25) is 5.95 Å². The van der Waals surface area contributed by atoms with Gasteiger partial charge >= 0.3 is 0 Å². The number of benzene rings is 2. The number of aryl methyl sites for hydroxylation is 3. The Morgan fingerprint density at radius 3 is 2.42 bits per heavy atom. The standard InChI is InChI=1S/C31H41N7O.ClH/c1-2-3-6-11-25-16-18-27(19-17-25)30(39)33-20-21-37-24-28(35-36-37)14-9-5-10-15-29-22-34-31(32)38(29)23-26-12-7-4-8-13-26;/h4,7-8,12-13,16-19,22,24H,2-3,5-6,9-11,14-15,20-21,23H2,1H3,(H2,32,34)(H,33,39);1H. The van der Waals surface area contributed by atoms with Crippen LogP contribution in [-0.4, -0.2) is 37.0 Å². The van der Waals surface area contributed by atoms with Gasteiger partial charge in [-0.25, -0.2) is 4.98 Å². The van der Waals surface area contributed by atoms with Crippen molar-refractivity contribution in [3.8, 4) is 0 Å². The van der Waals surface area contributed by atoms with E-state index in [1.165, 1.54) is 36.1 Å². The summed E-state index contributed by atoms with van der Waals surface area (Å²) in [5, 5.41) is 11.5. The molecule has 9 heteroatoms. The number of carbonyl (C=O) groups is 1. The number of nitrogen functional groups attached to an aromatic ring is 1. The Bertz CT molecular complexity index is 1280. The van der Waals surface area contributed by atoms with Crippen molar-refractivity contribution >= 4 is 24.3 Å². The SMILES string of the molecule is CCCCCc1ccc(C(=O)NCCn2cc(CCCCCc3cnc(N)n3Cc3ccccc3)nn2)cc1.Cl. The number of hydrogen-bond donors (Lipinski definition) is 2. The summed E-state index contributed by atoms with van der Waals surface area (Å²) < 4.78 is 3.90. The van der Waals surface area contributed by atoms with Gasteiger partial charge in [0.25, 0.3) is 5.91 Å². The molecule has 2 aromatic heterocycles. The summed E-state index contributed by atoms with van der Waals surface area (Å²) in [7, 11) is 0. The van der Waals surface area contributed by atoms with Gasteiger partial charge < -0.3 is 15.6 Å². The zero-order chi connectivity index (χ0) is 27.3. The summed E-state index contributed by atoms with van der Waals surface area (Å²) in [5.74, 6) is 0.514. The first-order chi connectivity index (χ1) is 19.1. The van der Waals surface area contributed by atoms with Gasteiger partial charge in [0.05, 0.1) is 25.0 Å². The van der Waals surface area contributed by atoms with E-state index in [1.807, 2.05) is 42.7 Å². The second-order valence-electron chi connectivity index (χ2n) is 10.1. The van der Waals surface area contributed by atoms with Gasteiger partial charge in [-0.05, 0) is 61.8 Å². The van der Waals surface area contributed by atoms with Crippen molar-refractivity contribution in [3.05, 3.63) is 95.1 Å². The predicted octanol–water partition coefficient (Wildman–Crippen LogP) is 5.65. The quantitative estimate of drug-likeness (QED) is 0.172. The number of carbonyl (C=O) groups excluding carboxylic acids is 1. The normalized spacial score (nSPS) is 10.8. The summed E-state index contributed by atoms with van der Waals surface area (Å²) >= 11 is 0. The molecule has 0 unspecified atom stereocenters. The Labute approximate surface area is 243 Å².